The van der Waals surface area contributed by atoms with E-state index in [9.17, 15) is 4.79 Å². The molecule has 2 atom stereocenters. The highest BCUT2D eigenvalue weighted by molar-refractivity contribution is 7.13. The third kappa shape index (κ3) is 5.22. The molecule has 1 saturated carbocycles. The number of urea groups is 1. The number of nitrogens with zero attached hydrogens (tertiary/aromatic N) is 3. The lowest BCUT2D eigenvalue weighted by molar-refractivity contribution is 0.251. The SMILES string of the molecule is O=C(Nc1ccc(CCN2CCN(c3nsc4ccccc34)CC2)cc1)NC1CC1c1ccccc1. The van der Waals surface area contributed by atoms with Crippen molar-refractivity contribution >= 4 is 39.2 Å². The maximum atomic E-state index is 12.4. The molecule has 3 aromatic carbocycles. The Bertz CT molecular complexity index is 1310. The highest BCUT2D eigenvalue weighted by atomic mass is 32.1. The van der Waals surface area contributed by atoms with Gasteiger partial charge in [0.25, 0.3) is 0 Å². The molecule has 4 aromatic rings. The molecule has 184 valence electrons. The molecule has 0 bridgehead atoms. The van der Waals surface area contributed by atoms with Crippen LogP contribution in [0.2, 0.25) is 0 Å². The largest absolute Gasteiger partial charge is 0.353 e. The van der Waals surface area contributed by atoms with Crippen molar-refractivity contribution in [3.05, 3.63) is 90.0 Å². The Hall–Kier alpha value is -3.42. The van der Waals surface area contributed by atoms with Crippen LogP contribution in [-0.4, -0.2) is 54.1 Å². The van der Waals surface area contributed by atoms with Crippen LogP contribution in [0.15, 0.2) is 78.9 Å². The average molecular weight is 498 g/mol. The number of anilines is 2. The summed E-state index contributed by atoms with van der Waals surface area (Å²) in [5.41, 5.74) is 3.42. The zero-order chi connectivity index (χ0) is 24.3. The Labute approximate surface area is 216 Å². The maximum Gasteiger partial charge on any atom is 0.319 e. The molecular formula is C29H31N5OS. The maximum absolute atomic E-state index is 12.4. The molecule has 6 nitrogen and oxygen atoms in total. The quantitative estimate of drug-likeness (QED) is 0.362. The third-order valence-electron chi connectivity index (χ3n) is 7.29. The van der Waals surface area contributed by atoms with Crippen molar-refractivity contribution in [1.82, 2.24) is 14.6 Å². The van der Waals surface area contributed by atoms with Crippen LogP contribution in [0.4, 0.5) is 16.3 Å². The lowest BCUT2D eigenvalue weighted by atomic mass is 10.1. The molecule has 7 heteroatoms. The molecule has 1 aliphatic carbocycles. The Balaban J connectivity index is 0.936. The lowest BCUT2D eigenvalue weighted by Gasteiger charge is -2.35. The molecule has 1 aromatic heterocycles. The zero-order valence-corrected chi connectivity index (χ0v) is 21.1. The molecule has 2 unspecified atom stereocenters. The summed E-state index contributed by atoms with van der Waals surface area (Å²) >= 11 is 1.59. The summed E-state index contributed by atoms with van der Waals surface area (Å²) in [6, 6.07) is 27.2. The monoisotopic (exact) mass is 497 g/mol. The first-order valence-electron chi connectivity index (χ1n) is 12.8. The Morgan fingerprint density at radius 3 is 2.47 bits per heavy atom. The molecule has 2 N–H and O–H groups in total. The summed E-state index contributed by atoms with van der Waals surface area (Å²) in [6.45, 7) is 5.17. The topological polar surface area (TPSA) is 60.5 Å². The van der Waals surface area contributed by atoms with Gasteiger partial charge in [0.15, 0.2) is 0 Å². The first-order valence-corrected chi connectivity index (χ1v) is 13.5. The van der Waals surface area contributed by atoms with Gasteiger partial charge in [0.1, 0.15) is 5.82 Å². The van der Waals surface area contributed by atoms with Gasteiger partial charge in [0, 0.05) is 55.8 Å². The van der Waals surface area contributed by atoms with Gasteiger partial charge >= 0.3 is 6.03 Å². The summed E-state index contributed by atoms with van der Waals surface area (Å²) in [4.78, 5) is 17.4. The molecule has 2 aliphatic rings. The molecular weight excluding hydrogens is 466 g/mol. The number of carbonyl (C=O) groups excluding carboxylic acids is 1. The fourth-order valence-corrected chi connectivity index (χ4v) is 5.88. The van der Waals surface area contributed by atoms with E-state index in [0.717, 1.165) is 57.1 Å². The van der Waals surface area contributed by atoms with E-state index in [0.29, 0.717) is 5.92 Å². The van der Waals surface area contributed by atoms with Crippen LogP contribution < -0.4 is 15.5 Å². The summed E-state index contributed by atoms with van der Waals surface area (Å²) in [5.74, 6) is 1.57. The third-order valence-corrected chi connectivity index (χ3v) is 8.11. The number of nitrogens with one attached hydrogen (secondary N) is 2. The first-order chi connectivity index (χ1) is 17.7. The van der Waals surface area contributed by atoms with Gasteiger partial charge in [-0.25, -0.2) is 4.79 Å². The van der Waals surface area contributed by atoms with Crippen LogP contribution >= 0.6 is 11.5 Å². The molecule has 1 aliphatic heterocycles. The molecule has 2 amide bonds. The molecule has 2 fully saturated rings. The van der Waals surface area contributed by atoms with Crippen LogP contribution in [0, 0.1) is 0 Å². The van der Waals surface area contributed by atoms with Gasteiger partial charge in [0.2, 0.25) is 0 Å². The second kappa shape index (κ2) is 10.3. The van der Waals surface area contributed by atoms with Crippen LogP contribution in [0.3, 0.4) is 0 Å². The Morgan fingerprint density at radius 1 is 0.917 bits per heavy atom. The molecule has 6 rings (SSSR count). The van der Waals surface area contributed by atoms with Crippen molar-refractivity contribution in [3.63, 3.8) is 0 Å². The van der Waals surface area contributed by atoms with Gasteiger partial charge in [-0.2, -0.15) is 4.37 Å². The number of hydrogen-bond donors (Lipinski definition) is 2. The van der Waals surface area contributed by atoms with E-state index >= 15 is 0 Å². The van der Waals surface area contributed by atoms with Gasteiger partial charge in [-0.1, -0.05) is 54.6 Å². The van der Waals surface area contributed by atoms with Crippen LogP contribution in [0.5, 0.6) is 0 Å². The van der Waals surface area contributed by atoms with Crippen molar-refractivity contribution < 1.29 is 4.79 Å². The van der Waals surface area contributed by atoms with E-state index in [1.165, 1.54) is 21.2 Å². The van der Waals surface area contributed by atoms with E-state index in [1.807, 2.05) is 18.2 Å². The molecule has 0 radical (unpaired) electrons. The molecule has 0 spiro atoms. The predicted octanol–water partition coefficient (Wildman–Crippen LogP) is 5.34. The number of piperazine rings is 1. The summed E-state index contributed by atoms with van der Waals surface area (Å²) < 4.78 is 5.98. The fraction of sp³-hybridized carbons (Fsp3) is 0.310. The average Bonchev–Trinajstić information content (AvgIpc) is 3.55. The van der Waals surface area contributed by atoms with Gasteiger partial charge in [0.05, 0.1) is 4.70 Å². The van der Waals surface area contributed by atoms with Crippen molar-refractivity contribution in [2.45, 2.75) is 24.8 Å². The number of hydrogen-bond acceptors (Lipinski definition) is 5. The van der Waals surface area contributed by atoms with E-state index in [-0.39, 0.29) is 12.1 Å². The standard InChI is InChI=1S/C29H31N5OS/c35-29(31-26-20-25(26)22-6-2-1-3-7-22)30-23-12-10-21(11-13-23)14-15-33-16-18-34(19-17-33)28-24-8-4-5-9-27(24)36-32-28/h1-13,25-26H,14-20H2,(H2,30,31,35). The van der Waals surface area contributed by atoms with Crippen LogP contribution in [-0.2, 0) is 6.42 Å². The van der Waals surface area contributed by atoms with Crippen molar-refractivity contribution in [3.8, 4) is 0 Å². The number of benzene rings is 3. The van der Waals surface area contributed by atoms with Gasteiger partial charge in [-0.05, 0) is 59.8 Å². The number of aromatic nitrogens is 1. The minimum Gasteiger partial charge on any atom is -0.353 e. The highest BCUT2D eigenvalue weighted by Gasteiger charge is 2.39. The van der Waals surface area contributed by atoms with Crippen molar-refractivity contribution in [2.24, 2.45) is 0 Å². The fourth-order valence-electron chi connectivity index (χ4n) is 5.08. The van der Waals surface area contributed by atoms with Crippen molar-refractivity contribution in [2.75, 3.05) is 42.9 Å². The summed E-state index contributed by atoms with van der Waals surface area (Å²) in [7, 11) is 0. The highest BCUT2D eigenvalue weighted by Crippen LogP contribution is 2.40. The van der Waals surface area contributed by atoms with Gasteiger partial charge in [-0.3, -0.25) is 4.90 Å². The number of carbonyl (C=O) groups is 1. The van der Waals surface area contributed by atoms with Crippen LogP contribution in [0.1, 0.15) is 23.5 Å². The Kier molecular flexibility index (Phi) is 6.57. The molecule has 1 saturated heterocycles. The van der Waals surface area contributed by atoms with E-state index < -0.39 is 0 Å². The second-order valence-electron chi connectivity index (χ2n) is 9.74. The zero-order valence-electron chi connectivity index (χ0n) is 20.3. The summed E-state index contributed by atoms with van der Waals surface area (Å²) in [6.07, 6.45) is 2.01. The summed E-state index contributed by atoms with van der Waals surface area (Å²) in [5, 5.41) is 7.34. The van der Waals surface area contributed by atoms with Gasteiger partial charge in [-0.15, -0.1) is 0 Å². The second-order valence-corrected chi connectivity index (χ2v) is 10.5. The van der Waals surface area contributed by atoms with Crippen molar-refractivity contribution in [1.29, 1.82) is 0 Å². The number of rotatable bonds is 7. The van der Waals surface area contributed by atoms with Crippen LogP contribution in [0.25, 0.3) is 10.1 Å². The van der Waals surface area contributed by atoms with E-state index in [4.69, 9.17) is 4.37 Å². The lowest BCUT2D eigenvalue weighted by Crippen LogP contribution is -2.47. The predicted molar refractivity (Wildman–Crippen MR) is 148 cm³/mol. The molecule has 2 heterocycles. The first kappa shape index (κ1) is 23.0. The normalized spacial score (nSPS) is 19.8. The van der Waals surface area contributed by atoms with E-state index in [1.54, 1.807) is 11.5 Å². The Morgan fingerprint density at radius 2 is 1.67 bits per heavy atom. The van der Waals surface area contributed by atoms with E-state index in [2.05, 4.69) is 81.1 Å². The smallest absolute Gasteiger partial charge is 0.319 e. The molecule has 36 heavy (non-hydrogen) atoms. The number of fused-ring (bicyclic) bond motifs is 1. The minimum atomic E-state index is -0.128. The van der Waals surface area contributed by atoms with Gasteiger partial charge < -0.3 is 15.5 Å². The number of amides is 2. The minimum absolute atomic E-state index is 0.128.